The average molecular weight is 312 g/mol. The summed E-state index contributed by atoms with van der Waals surface area (Å²) in [5.74, 6) is -1.53. The zero-order chi connectivity index (χ0) is 16.4. The molecule has 2 N–H and O–H groups in total. The van der Waals surface area contributed by atoms with E-state index in [9.17, 15) is 14.7 Å². The van der Waals surface area contributed by atoms with Crippen LogP contribution >= 0.6 is 0 Å². The van der Waals surface area contributed by atoms with E-state index < -0.39 is 17.9 Å². The second kappa shape index (κ2) is 6.00. The summed E-state index contributed by atoms with van der Waals surface area (Å²) >= 11 is 0. The van der Waals surface area contributed by atoms with Crippen molar-refractivity contribution in [2.75, 3.05) is 0 Å². The van der Waals surface area contributed by atoms with Crippen LogP contribution in [0.1, 0.15) is 16.1 Å². The Morgan fingerprint density at radius 3 is 2.74 bits per heavy atom. The van der Waals surface area contributed by atoms with Gasteiger partial charge in [0.25, 0.3) is 5.91 Å². The van der Waals surface area contributed by atoms with Crippen molar-refractivity contribution in [3.05, 3.63) is 60.2 Å². The number of carboxylic acids is 1. The maximum atomic E-state index is 12.0. The molecule has 23 heavy (non-hydrogen) atoms. The third kappa shape index (κ3) is 2.96. The largest absolute Gasteiger partial charge is 0.480 e. The van der Waals surface area contributed by atoms with Gasteiger partial charge >= 0.3 is 5.97 Å². The highest BCUT2D eigenvalue weighted by Gasteiger charge is 2.23. The van der Waals surface area contributed by atoms with Crippen LogP contribution in [0.15, 0.2) is 53.3 Å². The van der Waals surface area contributed by atoms with Gasteiger partial charge in [0, 0.05) is 30.6 Å². The topological polar surface area (TPSA) is 84.5 Å². The Bertz CT molecular complexity index is 849. The molecule has 1 atom stereocenters. The second-order valence-corrected chi connectivity index (χ2v) is 5.33. The van der Waals surface area contributed by atoms with Gasteiger partial charge < -0.3 is 19.4 Å². The first-order valence-electron chi connectivity index (χ1n) is 7.16. The Labute approximate surface area is 132 Å². The monoisotopic (exact) mass is 312 g/mol. The van der Waals surface area contributed by atoms with Crippen molar-refractivity contribution in [2.24, 2.45) is 7.05 Å². The molecule has 0 aliphatic rings. The normalized spacial score (nSPS) is 12.2. The number of benzene rings is 1. The maximum Gasteiger partial charge on any atom is 0.326 e. The van der Waals surface area contributed by atoms with Crippen molar-refractivity contribution >= 4 is 22.8 Å². The molecule has 0 aliphatic heterocycles. The number of carboxylic acid groups (broad SMARTS) is 1. The van der Waals surface area contributed by atoms with E-state index in [1.165, 1.54) is 12.3 Å². The summed E-state index contributed by atoms with van der Waals surface area (Å²) in [5.41, 5.74) is 1.89. The number of hydrogen-bond donors (Lipinski definition) is 2. The molecule has 6 heteroatoms. The first kappa shape index (κ1) is 14.9. The standard InChI is InChI=1S/C17H16N2O4/c1-19-10-11(12-5-2-3-6-14(12)19)9-13(17(21)22)18-16(20)15-7-4-8-23-15/h2-8,10,13H,9H2,1H3,(H,18,20)(H,21,22)/t13-/m0/s1. The highest BCUT2D eigenvalue weighted by Crippen LogP contribution is 2.21. The molecule has 0 unspecified atom stereocenters. The van der Waals surface area contributed by atoms with Crippen LogP contribution in [-0.2, 0) is 18.3 Å². The van der Waals surface area contributed by atoms with Crippen LogP contribution in [0.5, 0.6) is 0 Å². The van der Waals surface area contributed by atoms with Gasteiger partial charge in [-0.05, 0) is 23.8 Å². The third-order valence-electron chi connectivity index (χ3n) is 3.75. The van der Waals surface area contributed by atoms with E-state index >= 15 is 0 Å². The minimum absolute atomic E-state index is 0.0918. The van der Waals surface area contributed by atoms with E-state index in [4.69, 9.17) is 4.42 Å². The van der Waals surface area contributed by atoms with E-state index in [2.05, 4.69) is 5.32 Å². The SMILES string of the molecule is Cn1cc(C[C@H](NC(=O)c2ccco2)C(=O)O)c2ccccc21. The van der Waals surface area contributed by atoms with Gasteiger partial charge in [0.1, 0.15) is 6.04 Å². The molecule has 2 heterocycles. The smallest absolute Gasteiger partial charge is 0.326 e. The molecule has 0 radical (unpaired) electrons. The molecular weight excluding hydrogens is 296 g/mol. The number of nitrogens with zero attached hydrogens (tertiary/aromatic N) is 1. The number of carbonyl (C=O) groups excluding carboxylic acids is 1. The fourth-order valence-corrected chi connectivity index (χ4v) is 2.65. The van der Waals surface area contributed by atoms with Gasteiger partial charge in [-0.3, -0.25) is 4.79 Å². The zero-order valence-electron chi connectivity index (χ0n) is 12.5. The highest BCUT2D eigenvalue weighted by atomic mass is 16.4. The van der Waals surface area contributed by atoms with E-state index in [1.54, 1.807) is 6.07 Å². The summed E-state index contributed by atoms with van der Waals surface area (Å²) < 4.78 is 6.93. The number of carbonyl (C=O) groups is 2. The van der Waals surface area contributed by atoms with Crippen LogP contribution in [0, 0.1) is 0 Å². The van der Waals surface area contributed by atoms with Crippen LogP contribution < -0.4 is 5.32 Å². The number of aliphatic carboxylic acids is 1. The van der Waals surface area contributed by atoms with E-state index in [0.29, 0.717) is 0 Å². The molecule has 2 aromatic heterocycles. The molecule has 1 amide bonds. The predicted octanol–water partition coefficient (Wildman–Crippen LogP) is 2.20. The Balaban J connectivity index is 1.84. The summed E-state index contributed by atoms with van der Waals surface area (Å²) in [5, 5.41) is 12.9. The van der Waals surface area contributed by atoms with Gasteiger partial charge in [-0.2, -0.15) is 0 Å². The first-order chi connectivity index (χ1) is 11.1. The molecule has 0 saturated carbocycles. The summed E-state index contributed by atoms with van der Waals surface area (Å²) in [6.07, 6.45) is 3.46. The third-order valence-corrected chi connectivity index (χ3v) is 3.75. The molecule has 118 valence electrons. The molecule has 0 fully saturated rings. The van der Waals surface area contributed by atoms with Crippen molar-refractivity contribution in [1.29, 1.82) is 0 Å². The number of nitrogens with one attached hydrogen (secondary N) is 1. The van der Waals surface area contributed by atoms with E-state index in [-0.39, 0.29) is 12.2 Å². The second-order valence-electron chi connectivity index (χ2n) is 5.33. The molecule has 6 nitrogen and oxygen atoms in total. The number of furan rings is 1. The van der Waals surface area contributed by atoms with Crippen molar-refractivity contribution in [3.63, 3.8) is 0 Å². The van der Waals surface area contributed by atoms with Crippen molar-refractivity contribution in [2.45, 2.75) is 12.5 Å². The van der Waals surface area contributed by atoms with E-state index in [0.717, 1.165) is 16.5 Å². The van der Waals surface area contributed by atoms with Gasteiger partial charge in [0.2, 0.25) is 0 Å². The van der Waals surface area contributed by atoms with Crippen LogP contribution in [0.25, 0.3) is 10.9 Å². The van der Waals surface area contributed by atoms with Crippen molar-refractivity contribution < 1.29 is 19.1 Å². The molecule has 1 aromatic carbocycles. The van der Waals surface area contributed by atoms with Crippen LogP contribution in [0.3, 0.4) is 0 Å². The summed E-state index contributed by atoms with van der Waals surface area (Å²) in [6, 6.07) is 9.79. The summed E-state index contributed by atoms with van der Waals surface area (Å²) in [7, 11) is 1.91. The number of fused-ring (bicyclic) bond motifs is 1. The Kier molecular flexibility index (Phi) is 3.89. The lowest BCUT2D eigenvalue weighted by atomic mass is 10.0. The predicted molar refractivity (Wildman–Crippen MR) is 84.2 cm³/mol. The molecule has 0 saturated heterocycles. The van der Waals surface area contributed by atoms with Crippen molar-refractivity contribution in [1.82, 2.24) is 9.88 Å². The molecular formula is C17H16N2O4. The van der Waals surface area contributed by atoms with Gasteiger partial charge in [-0.25, -0.2) is 4.79 Å². The Morgan fingerprint density at radius 2 is 2.04 bits per heavy atom. The van der Waals surface area contributed by atoms with Gasteiger partial charge in [0.05, 0.1) is 6.26 Å². The molecule has 3 aromatic rings. The van der Waals surface area contributed by atoms with Gasteiger partial charge in [0.15, 0.2) is 5.76 Å². The fourth-order valence-electron chi connectivity index (χ4n) is 2.65. The molecule has 0 bridgehead atoms. The summed E-state index contributed by atoms with van der Waals surface area (Å²) in [4.78, 5) is 23.5. The van der Waals surface area contributed by atoms with Crippen LogP contribution in [-0.4, -0.2) is 27.6 Å². The fraction of sp³-hybridized carbons (Fsp3) is 0.176. The van der Waals surface area contributed by atoms with Crippen molar-refractivity contribution in [3.8, 4) is 0 Å². The number of aryl methyl sites for hydroxylation is 1. The first-order valence-corrected chi connectivity index (χ1v) is 7.16. The Hall–Kier alpha value is -3.02. The zero-order valence-corrected chi connectivity index (χ0v) is 12.5. The number of aromatic nitrogens is 1. The lowest BCUT2D eigenvalue weighted by Gasteiger charge is -2.13. The molecule has 0 aliphatic carbocycles. The van der Waals surface area contributed by atoms with Gasteiger partial charge in [-0.15, -0.1) is 0 Å². The lowest BCUT2D eigenvalue weighted by Crippen LogP contribution is -2.42. The van der Waals surface area contributed by atoms with E-state index in [1.807, 2.05) is 42.1 Å². The number of amides is 1. The van der Waals surface area contributed by atoms with Crippen LogP contribution in [0.4, 0.5) is 0 Å². The maximum absolute atomic E-state index is 12.0. The molecule has 3 rings (SSSR count). The Morgan fingerprint density at radius 1 is 1.26 bits per heavy atom. The number of rotatable bonds is 5. The average Bonchev–Trinajstić information content (AvgIpc) is 3.16. The number of para-hydroxylation sites is 1. The minimum atomic E-state index is -1.09. The highest BCUT2D eigenvalue weighted by molar-refractivity contribution is 5.94. The molecule has 0 spiro atoms. The van der Waals surface area contributed by atoms with Crippen LogP contribution in [0.2, 0.25) is 0 Å². The minimum Gasteiger partial charge on any atom is -0.480 e. The quantitative estimate of drug-likeness (QED) is 0.756. The summed E-state index contributed by atoms with van der Waals surface area (Å²) in [6.45, 7) is 0. The number of hydrogen-bond acceptors (Lipinski definition) is 3. The lowest BCUT2D eigenvalue weighted by molar-refractivity contribution is -0.139. The van der Waals surface area contributed by atoms with Gasteiger partial charge in [-0.1, -0.05) is 18.2 Å².